The maximum Gasteiger partial charge on any atom is 0.222 e. The number of carbonyl (C=O) groups is 1. The molecule has 0 spiro atoms. The van der Waals surface area contributed by atoms with Crippen LogP contribution in [0.25, 0.3) is 33.8 Å². The molecule has 0 aliphatic carbocycles. The summed E-state index contributed by atoms with van der Waals surface area (Å²) in [6.45, 7) is 7.93. The standard InChI is InChI=1S/C30H31FN4O2/c1-19(2)30-33-28(29(34-30)26-7-4-6-20(3)32-26)22-11-14-25(31)24(18-22)21-9-12-23(13-10-21)37-17-16-35-15-5-8-27(35)36/h4,6-7,9-14,18-19H,5,8,15-17H2,1-3H3,(H,33,34). The van der Waals surface area contributed by atoms with Crippen LogP contribution in [0.1, 0.15) is 44.1 Å². The van der Waals surface area contributed by atoms with Crippen molar-refractivity contribution in [1.29, 1.82) is 0 Å². The molecule has 1 fully saturated rings. The lowest BCUT2D eigenvalue weighted by atomic mass is 9.99. The Bertz CT molecular complexity index is 1410. The van der Waals surface area contributed by atoms with Crippen molar-refractivity contribution in [2.24, 2.45) is 0 Å². The van der Waals surface area contributed by atoms with Crippen LogP contribution in [0.4, 0.5) is 4.39 Å². The fourth-order valence-corrected chi connectivity index (χ4v) is 4.58. The van der Waals surface area contributed by atoms with E-state index in [9.17, 15) is 9.18 Å². The number of likely N-dealkylation sites (tertiary alicyclic amines) is 1. The van der Waals surface area contributed by atoms with Crippen molar-refractivity contribution < 1.29 is 13.9 Å². The zero-order chi connectivity index (χ0) is 25.9. The smallest absolute Gasteiger partial charge is 0.222 e. The quantitative estimate of drug-likeness (QED) is 0.306. The predicted molar refractivity (Wildman–Crippen MR) is 143 cm³/mol. The number of aromatic amines is 1. The van der Waals surface area contributed by atoms with Gasteiger partial charge in [0, 0.05) is 35.7 Å². The molecule has 5 rings (SSSR count). The van der Waals surface area contributed by atoms with Crippen LogP contribution in [0.2, 0.25) is 0 Å². The van der Waals surface area contributed by atoms with Gasteiger partial charge in [-0.15, -0.1) is 0 Å². The molecule has 0 saturated carbocycles. The number of hydrogen-bond acceptors (Lipinski definition) is 4. The number of aryl methyl sites for hydroxylation is 1. The lowest BCUT2D eigenvalue weighted by Gasteiger charge is -2.16. The maximum atomic E-state index is 15.0. The van der Waals surface area contributed by atoms with E-state index >= 15 is 0 Å². The molecule has 1 aliphatic heterocycles. The van der Waals surface area contributed by atoms with Gasteiger partial charge >= 0.3 is 0 Å². The fourth-order valence-electron chi connectivity index (χ4n) is 4.58. The number of imidazole rings is 1. The summed E-state index contributed by atoms with van der Waals surface area (Å²) < 4.78 is 20.8. The van der Waals surface area contributed by atoms with E-state index in [1.165, 1.54) is 6.07 Å². The number of rotatable bonds is 8. The summed E-state index contributed by atoms with van der Waals surface area (Å²) in [6.07, 6.45) is 1.54. The zero-order valence-corrected chi connectivity index (χ0v) is 21.4. The van der Waals surface area contributed by atoms with Crippen molar-refractivity contribution in [3.63, 3.8) is 0 Å². The zero-order valence-electron chi connectivity index (χ0n) is 21.4. The molecular formula is C30H31FN4O2. The Balaban J connectivity index is 1.40. The third-order valence-corrected chi connectivity index (χ3v) is 6.62. The van der Waals surface area contributed by atoms with Crippen LogP contribution in [0.5, 0.6) is 5.75 Å². The normalized spacial score (nSPS) is 13.5. The summed E-state index contributed by atoms with van der Waals surface area (Å²) in [6, 6.07) is 18.3. The SMILES string of the molecule is Cc1cccc(-c2[nH]c(C(C)C)nc2-c2ccc(F)c(-c3ccc(OCCN4CCCC4=O)cc3)c2)n1. The summed E-state index contributed by atoms with van der Waals surface area (Å²) in [7, 11) is 0. The van der Waals surface area contributed by atoms with Crippen LogP contribution in [0.15, 0.2) is 60.7 Å². The molecule has 190 valence electrons. The second-order valence-electron chi connectivity index (χ2n) is 9.72. The number of hydrogen-bond donors (Lipinski definition) is 1. The van der Waals surface area contributed by atoms with Gasteiger partial charge in [-0.1, -0.05) is 32.0 Å². The number of benzene rings is 2. The summed E-state index contributed by atoms with van der Waals surface area (Å²) in [5.74, 6) is 1.63. The highest BCUT2D eigenvalue weighted by Crippen LogP contribution is 2.35. The minimum absolute atomic E-state index is 0.188. The van der Waals surface area contributed by atoms with E-state index in [-0.39, 0.29) is 17.6 Å². The second kappa shape index (κ2) is 10.5. The minimum atomic E-state index is -0.306. The Labute approximate surface area is 216 Å². The number of nitrogens with zero attached hydrogens (tertiary/aromatic N) is 3. The molecule has 7 heteroatoms. The third kappa shape index (κ3) is 5.40. The van der Waals surface area contributed by atoms with E-state index in [0.717, 1.165) is 52.7 Å². The molecule has 6 nitrogen and oxygen atoms in total. The highest BCUT2D eigenvalue weighted by atomic mass is 19.1. The van der Waals surface area contributed by atoms with Crippen LogP contribution in [0, 0.1) is 12.7 Å². The van der Waals surface area contributed by atoms with E-state index in [0.29, 0.717) is 30.9 Å². The lowest BCUT2D eigenvalue weighted by molar-refractivity contribution is -0.128. The van der Waals surface area contributed by atoms with Gasteiger partial charge in [-0.2, -0.15) is 0 Å². The molecule has 1 amide bonds. The molecule has 3 heterocycles. The molecule has 1 N–H and O–H groups in total. The Hall–Kier alpha value is -4.00. The lowest BCUT2D eigenvalue weighted by Crippen LogP contribution is -2.29. The van der Waals surface area contributed by atoms with E-state index in [1.807, 2.05) is 60.4 Å². The summed E-state index contributed by atoms with van der Waals surface area (Å²) in [4.78, 5) is 26.6. The average molecular weight is 499 g/mol. The van der Waals surface area contributed by atoms with E-state index in [1.54, 1.807) is 6.07 Å². The van der Waals surface area contributed by atoms with Crippen LogP contribution < -0.4 is 4.74 Å². The molecule has 2 aromatic heterocycles. The van der Waals surface area contributed by atoms with Crippen LogP contribution >= 0.6 is 0 Å². The monoisotopic (exact) mass is 498 g/mol. The van der Waals surface area contributed by atoms with Crippen molar-refractivity contribution in [2.45, 2.75) is 39.5 Å². The second-order valence-corrected chi connectivity index (χ2v) is 9.72. The summed E-state index contributed by atoms with van der Waals surface area (Å²) in [5, 5.41) is 0. The van der Waals surface area contributed by atoms with Gasteiger partial charge in [0.05, 0.1) is 23.6 Å². The number of H-pyrrole nitrogens is 1. The molecule has 0 bridgehead atoms. The molecule has 0 radical (unpaired) electrons. The number of carbonyl (C=O) groups excluding carboxylic acids is 1. The van der Waals surface area contributed by atoms with Gasteiger partial charge in [0.2, 0.25) is 5.91 Å². The Morgan fingerprint density at radius 1 is 1.05 bits per heavy atom. The number of pyridine rings is 1. The average Bonchev–Trinajstić information content (AvgIpc) is 3.52. The molecule has 0 unspecified atom stereocenters. The van der Waals surface area contributed by atoms with Crippen molar-refractivity contribution in [3.8, 4) is 39.5 Å². The topological polar surface area (TPSA) is 71.1 Å². The Morgan fingerprint density at radius 3 is 2.54 bits per heavy atom. The fraction of sp³-hybridized carbons (Fsp3) is 0.300. The predicted octanol–water partition coefficient (Wildman–Crippen LogP) is 6.38. The van der Waals surface area contributed by atoms with E-state index in [2.05, 4.69) is 23.8 Å². The van der Waals surface area contributed by atoms with Crippen molar-refractivity contribution in [1.82, 2.24) is 19.9 Å². The van der Waals surface area contributed by atoms with Crippen LogP contribution in [-0.2, 0) is 4.79 Å². The molecule has 1 aliphatic rings. The van der Waals surface area contributed by atoms with Crippen molar-refractivity contribution in [2.75, 3.05) is 19.7 Å². The number of ether oxygens (including phenoxy) is 1. The van der Waals surface area contributed by atoms with Gasteiger partial charge in [0.1, 0.15) is 24.0 Å². The molecule has 4 aromatic rings. The molecule has 2 aromatic carbocycles. The number of amides is 1. The molecule has 37 heavy (non-hydrogen) atoms. The summed E-state index contributed by atoms with van der Waals surface area (Å²) >= 11 is 0. The van der Waals surface area contributed by atoms with Crippen molar-refractivity contribution >= 4 is 5.91 Å². The summed E-state index contributed by atoms with van der Waals surface area (Å²) in [5.41, 5.74) is 5.34. The van der Waals surface area contributed by atoms with Crippen molar-refractivity contribution in [3.05, 3.63) is 78.0 Å². The first-order chi connectivity index (χ1) is 17.9. The first kappa shape index (κ1) is 24.7. The van der Waals surface area contributed by atoms with Gasteiger partial charge in [-0.3, -0.25) is 9.78 Å². The number of halogens is 1. The van der Waals surface area contributed by atoms with E-state index in [4.69, 9.17) is 9.72 Å². The first-order valence-corrected chi connectivity index (χ1v) is 12.7. The molecule has 1 saturated heterocycles. The Morgan fingerprint density at radius 2 is 1.84 bits per heavy atom. The molecular weight excluding hydrogens is 467 g/mol. The molecule has 0 atom stereocenters. The van der Waals surface area contributed by atoms with Gasteiger partial charge in [-0.25, -0.2) is 9.37 Å². The van der Waals surface area contributed by atoms with Gasteiger partial charge < -0.3 is 14.6 Å². The highest BCUT2D eigenvalue weighted by molar-refractivity contribution is 5.80. The first-order valence-electron chi connectivity index (χ1n) is 12.7. The van der Waals surface area contributed by atoms with Gasteiger partial charge in [-0.05, 0) is 61.4 Å². The maximum absolute atomic E-state index is 15.0. The number of nitrogens with one attached hydrogen (secondary N) is 1. The largest absolute Gasteiger partial charge is 0.492 e. The Kier molecular flexibility index (Phi) is 7.04. The van der Waals surface area contributed by atoms with E-state index < -0.39 is 0 Å². The number of aromatic nitrogens is 3. The third-order valence-electron chi connectivity index (χ3n) is 6.62. The van der Waals surface area contributed by atoms with Crippen LogP contribution in [0.3, 0.4) is 0 Å². The highest BCUT2D eigenvalue weighted by Gasteiger charge is 2.20. The van der Waals surface area contributed by atoms with Gasteiger partial charge in [0.15, 0.2) is 0 Å². The van der Waals surface area contributed by atoms with Crippen LogP contribution in [-0.4, -0.2) is 45.5 Å². The minimum Gasteiger partial charge on any atom is -0.492 e. The van der Waals surface area contributed by atoms with Gasteiger partial charge in [0.25, 0.3) is 0 Å².